The van der Waals surface area contributed by atoms with Gasteiger partial charge in [-0.1, -0.05) is 52.1 Å². The Labute approximate surface area is 143 Å². The van der Waals surface area contributed by atoms with E-state index in [-0.39, 0.29) is 0 Å². The van der Waals surface area contributed by atoms with Crippen molar-refractivity contribution in [2.24, 2.45) is 0 Å². The molecule has 2 aromatic carbocycles. The molecular weight excluding hydrogens is 373 g/mol. The van der Waals surface area contributed by atoms with Gasteiger partial charge in [-0.15, -0.1) is 0 Å². The maximum absolute atomic E-state index is 6.06. The first kappa shape index (κ1) is 16.5. The monoisotopic (exact) mass is 387 g/mol. The van der Waals surface area contributed by atoms with E-state index in [4.69, 9.17) is 27.9 Å². The van der Waals surface area contributed by atoms with E-state index in [9.17, 15) is 0 Å². The van der Waals surface area contributed by atoms with Crippen molar-refractivity contribution in [3.8, 4) is 5.75 Å². The topological polar surface area (TPSA) is 21.3 Å². The Balaban J connectivity index is 2.12. The Morgan fingerprint density at radius 2 is 1.81 bits per heavy atom. The highest BCUT2D eigenvalue weighted by Gasteiger charge is 2.06. The normalized spacial score (nSPS) is 10.5. The summed E-state index contributed by atoms with van der Waals surface area (Å²) in [6, 6.07) is 11.3. The van der Waals surface area contributed by atoms with Gasteiger partial charge in [-0.2, -0.15) is 0 Å². The smallest absolute Gasteiger partial charge is 0.142 e. The Morgan fingerprint density at radius 1 is 1.10 bits per heavy atom. The molecule has 2 aromatic rings. The lowest BCUT2D eigenvalue weighted by Crippen LogP contribution is -2.04. The van der Waals surface area contributed by atoms with Gasteiger partial charge >= 0.3 is 0 Å². The largest absolute Gasteiger partial charge is 0.491 e. The number of halogens is 3. The number of rotatable bonds is 6. The maximum atomic E-state index is 6.06. The molecule has 0 aliphatic carbocycles. The summed E-state index contributed by atoms with van der Waals surface area (Å²) in [7, 11) is 0. The predicted molar refractivity (Wildman–Crippen MR) is 93.7 cm³/mol. The van der Waals surface area contributed by atoms with Crippen LogP contribution in [0.1, 0.15) is 18.9 Å². The van der Waals surface area contributed by atoms with Crippen molar-refractivity contribution < 1.29 is 4.74 Å². The lowest BCUT2D eigenvalue weighted by Gasteiger charge is -2.14. The molecule has 21 heavy (non-hydrogen) atoms. The van der Waals surface area contributed by atoms with Crippen molar-refractivity contribution in [2.75, 3.05) is 11.9 Å². The summed E-state index contributed by atoms with van der Waals surface area (Å²) in [4.78, 5) is 0. The zero-order valence-electron chi connectivity index (χ0n) is 11.6. The molecule has 0 amide bonds. The summed E-state index contributed by atoms with van der Waals surface area (Å²) in [6.45, 7) is 3.41. The molecular formula is C16H16BrCl2NO. The van der Waals surface area contributed by atoms with Crippen LogP contribution in [0, 0.1) is 0 Å². The molecule has 0 bridgehead atoms. The minimum Gasteiger partial charge on any atom is -0.491 e. The molecule has 112 valence electrons. The summed E-state index contributed by atoms with van der Waals surface area (Å²) in [6.07, 6.45) is 0.963. The zero-order chi connectivity index (χ0) is 15.2. The van der Waals surface area contributed by atoms with Gasteiger partial charge in [0.15, 0.2) is 0 Å². The average molecular weight is 389 g/mol. The van der Waals surface area contributed by atoms with Crippen LogP contribution in [0.25, 0.3) is 0 Å². The standard InChI is InChI=1S/C16H16BrCl2NO/c1-2-7-21-16-6-5-13(19)9-15(16)20-10-11-3-4-12(18)8-14(11)17/h3-6,8-9,20H,2,7,10H2,1H3. The molecule has 2 rings (SSSR count). The quantitative estimate of drug-likeness (QED) is 0.639. The highest BCUT2D eigenvalue weighted by atomic mass is 79.9. The van der Waals surface area contributed by atoms with Crippen LogP contribution in [0.2, 0.25) is 10.0 Å². The summed E-state index contributed by atoms with van der Waals surface area (Å²) in [5, 5.41) is 4.74. The Kier molecular flexibility index (Phi) is 6.22. The van der Waals surface area contributed by atoms with Crippen molar-refractivity contribution >= 4 is 44.8 Å². The number of nitrogens with one attached hydrogen (secondary N) is 1. The van der Waals surface area contributed by atoms with E-state index in [1.807, 2.05) is 36.4 Å². The number of hydrogen-bond donors (Lipinski definition) is 1. The second kappa shape index (κ2) is 7.92. The molecule has 0 saturated heterocycles. The second-order valence-electron chi connectivity index (χ2n) is 4.58. The highest BCUT2D eigenvalue weighted by Crippen LogP contribution is 2.29. The minimum atomic E-state index is 0.653. The van der Waals surface area contributed by atoms with Crippen molar-refractivity contribution in [3.05, 3.63) is 56.5 Å². The first-order chi connectivity index (χ1) is 10.1. The van der Waals surface area contributed by atoms with E-state index in [0.29, 0.717) is 23.2 Å². The van der Waals surface area contributed by atoms with Crippen LogP contribution in [-0.4, -0.2) is 6.61 Å². The number of ether oxygens (including phenoxy) is 1. The van der Waals surface area contributed by atoms with Gasteiger partial charge in [0.2, 0.25) is 0 Å². The van der Waals surface area contributed by atoms with Crippen molar-refractivity contribution in [3.63, 3.8) is 0 Å². The zero-order valence-corrected chi connectivity index (χ0v) is 14.7. The predicted octanol–water partition coefficient (Wildman–Crippen LogP) is 6.16. The van der Waals surface area contributed by atoms with Crippen LogP contribution in [0.3, 0.4) is 0 Å². The van der Waals surface area contributed by atoms with Crippen molar-refractivity contribution in [1.82, 2.24) is 0 Å². The fourth-order valence-corrected chi connectivity index (χ4v) is 2.83. The van der Waals surface area contributed by atoms with E-state index in [1.165, 1.54) is 0 Å². The highest BCUT2D eigenvalue weighted by molar-refractivity contribution is 9.10. The summed E-state index contributed by atoms with van der Waals surface area (Å²) >= 11 is 15.5. The minimum absolute atomic E-state index is 0.653. The second-order valence-corrected chi connectivity index (χ2v) is 6.31. The third-order valence-corrected chi connectivity index (χ3v) is 4.10. The molecule has 0 saturated carbocycles. The molecule has 0 aliphatic rings. The van der Waals surface area contributed by atoms with Crippen LogP contribution in [-0.2, 0) is 6.54 Å². The summed E-state index contributed by atoms with van der Waals surface area (Å²) in [5.74, 6) is 0.811. The molecule has 0 aliphatic heterocycles. The van der Waals surface area contributed by atoms with E-state index >= 15 is 0 Å². The van der Waals surface area contributed by atoms with E-state index < -0.39 is 0 Å². The van der Waals surface area contributed by atoms with Gasteiger partial charge in [0, 0.05) is 21.1 Å². The molecule has 0 aromatic heterocycles. The van der Waals surface area contributed by atoms with Crippen LogP contribution in [0.15, 0.2) is 40.9 Å². The van der Waals surface area contributed by atoms with Crippen molar-refractivity contribution in [1.29, 1.82) is 0 Å². The lowest BCUT2D eigenvalue weighted by atomic mass is 10.2. The fraction of sp³-hybridized carbons (Fsp3) is 0.250. The number of anilines is 1. The van der Waals surface area contributed by atoms with E-state index in [2.05, 4.69) is 28.2 Å². The average Bonchev–Trinajstić information content (AvgIpc) is 2.45. The molecule has 0 radical (unpaired) electrons. The first-order valence-electron chi connectivity index (χ1n) is 6.70. The summed E-state index contributed by atoms with van der Waals surface area (Å²) in [5.41, 5.74) is 2.00. The molecule has 2 nitrogen and oxygen atoms in total. The lowest BCUT2D eigenvalue weighted by molar-refractivity contribution is 0.319. The first-order valence-corrected chi connectivity index (χ1v) is 8.25. The molecule has 0 spiro atoms. The van der Waals surface area contributed by atoms with Gasteiger partial charge in [0.25, 0.3) is 0 Å². The third-order valence-electron chi connectivity index (χ3n) is 2.89. The SMILES string of the molecule is CCCOc1ccc(Cl)cc1NCc1ccc(Cl)cc1Br. The molecule has 0 fully saturated rings. The van der Waals surface area contributed by atoms with Gasteiger partial charge in [-0.25, -0.2) is 0 Å². The van der Waals surface area contributed by atoms with Gasteiger partial charge in [0.05, 0.1) is 12.3 Å². The van der Waals surface area contributed by atoms with Gasteiger partial charge in [-0.05, 0) is 42.3 Å². The molecule has 0 unspecified atom stereocenters. The molecule has 1 N–H and O–H groups in total. The molecule has 0 heterocycles. The van der Waals surface area contributed by atoms with Crippen LogP contribution >= 0.6 is 39.1 Å². The third kappa shape index (κ3) is 4.80. The maximum Gasteiger partial charge on any atom is 0.142 e. The van der Waals surface area contributed by atoms with Gasteiger partial charge in [0.1, 0.15) is 5.75 Å². The van der Waals surface area contributed by atoms with Crippen LogP contribution < -0.4 is 10.1 Å². The summed E-state index contributed by atoms with van der Waals surface area (Å²) < 4.78 is 6.70. The van der Waals surface area contributed by atoms with Gasteiger partial charge in [-0.3, -0.25) is 0 Å². The Bertz CT molecular complexity index is 619. The number of hydrogen-bond acceptors (Lipinski definition) is 2. The van der Waals surface area contributed by atoms with E-state index in [1.54, 1.807) is 0 Å². The van der Waals surface area contributed by atoms with Gasteiger partial charge < -0.3 is 10.1 Å². The Hall–Kier alpha value is -0.900. The fourth-order valence-electron chi connectivity index (χ4n) is 1.83. The Morgan fingerprint density at radius 3 is 2.52 bits per heavy atom. The van der Waals surface area contributed by atoms with Crippen LogP contribution in [0.5, 0.6) is 5.75 Å². The van der Waals surface area contributed by atoms with Crippen LogP contribution in [0.4, 0.5) is 5.69 Å². The molecule has 5 heteroatoms. The molecule has 0 atom stereocenters. The van der Waals surface area contributed by atoms with E-state index in [0.717, 1.165) is 27.9 Å². The van der Waals surface area contributed by atoms with Crippen molar-refractivity contribution in [2.45, 2.75) is 19.9 Å². The number of benzene rings is 2.